The highest BCUT2D eigenvalue weighted by molar-refractivity contribution is 6.43. The van der Waals surface area contributed by atoms with E-state index < -0.39 is 23.6 Å². The summed E-state index contributed by atoms with van der Waals surface area (Å²) in [6.07, 6.45) is -1.12. The van der Waals surface area contributed by atoms with Crippen molar-refractivity contribution in [3.05, 3.63) is 39.1 Å². The molecule has 1 amide bonds. The predicted octanol–water partition coefficient (Wildman–Crippen LogP) is 4.63. The monoisotopic (exact) mass is 389 g/mol. The van der Waals surface area contributed by atoms with Crippen LogP contribution in [0.1, 0.15) is 41.9 Å². The summed E-state index contributed by atoms with van der Waals surface area (Å²) in [7, 11) is 1.46. The molecule has 0 unspecified atom stereocenters. The molecule has 0 spiro atoms. The van der Waals surface area contributed by atoms with Gasteiger partial charge >= 0.3 is 0 Å². The number of alkyl halides is 2. The number of rotatable bonds is 3. The molecule has 0 fully saturated rings. The molecule has 9 heteroatoms. The quantitative estimate of drug-likeness (QED) is 0.832. The van der Waals surface area contributed by atoms with Crippen molar-refractivity contribution in [1.82, 2.24) is 9.78 Å². The van der Waals surface area contributed by atoms with Crippen molar-refractivity contribution in [3.8, 4) is 5.75 Å². The van der Waals surface area contributed by atoms with E-state index in [1.165, 1.54) is 19.3 Å². The topological polar surface area (TPSA) is 56.2 Å². The van der Waals surface area contributed by atoms with Crippen LogP contribution >= 0.6 is 23.2 Å². The van der Waals surface area contributed by atoms with Crippen LogP contribution in [-0.4, -0.2) is 21.3 Å². The van der Waals surface area contributed by atoms with Crippen molar-refractivity contribution in [2.75, 3.05) is 5.32 Å². The minimum Gasteiger partial charge on any atom is -0.485 e. The van der Waals surface area contributed by atoms with Crippen molar-refractivity contribution >= 4 is 34.8 Å². The van der Waals surface area contributed by atoms with Gasteiger partial charge < -0.3 is 10.1 Å². The first-order valence-corrected chi connectivity index (χ1v) is 8.17. The summed E-state index contributed by atoms with van der Waals surface area (Å²) in [4.78, 5) is 12.5. The number of aromatic nitrogens is 2. The molecule has 134 valence electrons. The van der Waals surface area contributed by atoms with E-state index in [1.54, 1.807) is 0 Å². The first-order valence-electron chi connectivity index (χ1n) is 7.42. The Morgan fingerprint density at radius 1 is 1.44 bits per heavy atom. The normalized spacial score (nSPS) is 15.2. The van der Waals surface area contributed by atoms with Crippen LogP contribution in [0.25, 0.3) is 0 Å². The second-order valence-electron chi connectivity index (χ2n) is 6.42. The summed E-state index contributed by atoms with van der Waals surface area (Å²) in [5, 5.41) is 6.81. The number of halogens is 4. The van der Waals surface area contributed by atoms with Crippen LogP contribution in [-0.2, 0) is 13.5 Å². The molecule has 0 saturated heterocycles. The number of fused-ring (bicyclic) bond motifs is 1. The number of anilines is 1. The van der Waals surface area contributed by atoms with Crippen LogP contribution in [0.4, 0.5) is 14.5 Å². The van der Waals surface area contributed by atoms with Crippen LogP contribution in [0, 0.1) is 0 Å². The molecule has 3 rings (SSSR count). The van der Waals surface area contributed by atoms with E-state index in [1.807, 2.05) is 13.8 Å². The Balaban J connectivity index is 1.99. The largest absolute Gasteiger partial charge is 0.485 e. The van der Waals surface area contributed by atoms with Crippen molar-refractivity contribution in [1.29, 1.82) is 0 Å². The van der Waals surface area contributed by atoms with Gasteiger partial charge in [-0.25, -0.2) is 8.78 Å². The van der Waals surface area contributed by atoms with E-state index in [-0.39, 0.29) is 16.3 Å². The lowest BCUT2D eigenvalue weighted by Gasteiger charge is -2.18. The SMILES string of the molecule is Cn1cc(C(=O)Nc2cc(Cl)c(Cl)c3c2OC(C)(C)C3)c(C(F)F)n1. The summed E-state index contributed by atoms with van der Waals surface area (Å²) in [6, 6.07) is 1.44. The maximum absolute atomic E-state index is 13.1. The van der Waals surface area contributed by atoms with E-state index in [4.69, 9.17) is 27.9 Å². The van der Waals surface area contributed by atoms with Gasteiger partial charge in [0.1, 0.15) is 17.0 Å². The molecule has 0 atom stereocenters. The predicted molar refractivity (Wildman–Crippen MR) is 91.0 cm³/mol. The molecule has 1 aliphatic heterocycles. The zero-order valence-electron chi connectivity index (χ0n) is 13.7. The minimum atomic E-state index is -2.86. The third-order valence-electron chi connectivity index (χ3n) is 3.80. The number of amides is 1. The molecular formula is C16H15Cl2F2N3O2. The third kappa shape index (κ3) is 3.30. The van der Waals surface area contributed by atoms with Gasteiger partial charge in [-0.05, 0) is 19.9 Å². The molecule has 5 nitrogen and oxygen atoms in total. The van der Waals surface area contributed by atoms with Crippen LogP contribution in [0.5, 0.6) is 5.75 Å². The van der Waals surface area contributed by atoms with Gasteiger partial charge in [0.15, 0.2) is 0 Å². The first kappa shape index (κ1) is 17.9. The number of hydrogen-bond donors (Lipinski definition) is 1. The van der Waals surface area contributed by atoms with Crippen molar-refractivity contribution < 1.29 is 18.3 Å². The minimum absolute atomic E-state index is 0.213. The highest BCUT2D eigenvalue weighted by Crippen LogP contribution is 2.47. The summed E-state index contributed by atoms with van der Waals surface area (Å²) in [5.74, 6) is -0.326. The van der Waals surface area contributed by atoms with Gasteiger partial charge in [-0.3, -0.25) is 9.48 Å². The maximum Gasteiger partial charge on any atom is 0.282 e. The van der Waals surface area contributed by atoms with Gasteiger partial charge in [-0.15, -0.1) is 0 Å². The number of nitrogens with one attached hydrogen (secondary N) is 1. The third-order valence-corrected chi connectivity index (χ3v) is 4.63. The van der Waals surface area contributed by atoms with E-state index >= 15 is 0 Å². The number of carbonyl (C=O) groups excluding carboxylic acids is 1. The molecule has 1 aliphatic rings. The summed E-state index contributed by atoms with van der Waals surface area (Å²) in [6.45, 7) is 3.75. The Kier molecular flexibility index (Phi) is 4.41. The number of nitrogens with zero attached hydrogens (tertiary/aromatic N) is 2. The fraction of sp³-hybridized carbons (Fsp3) is 0.375. The molecule has 0 bridgehead atoms. The van der Waals surface area contributed by atoms with Gasteiger partial charge in [0.2, 0.25) is 0 Å². The standard InChI is InChI=1S/C16H15Cl2F2N3O2/c1-16(2)5-7-11(18)9(17)4-10(13(7)25-16)21-15(24)8-6-23(3)22-12(8)14(19)20/h4,6,14H,5H2,1-3H3,(H,21,24). The number of benzene rings is 1. The lowest BCUT2D eigenvalue weighted by Crippen LogP contribution is -2.25. The average Bonchev–Trinajstić information content (AvgIpc) is 3.04. The van der Waals surface area contributed by atoms with Crippen LogP contribution in [0.2, 0.25) is 10.0 Å². The lowest BCUT2D eigenvalue weighted by atomic mass is 10.0. The number of aryl methyl sites for hydroxylation is 1. The summed E-state index contributed by atoms with van der Waals surface area (Å²) < 4.78 is 33.1. The molecule has 0 radical (unpaired) electrons. The highest BCUT2D eigenvalue weighted by Gasteiger charge is 2.35. The zero-order valence-corrected chi connectivity index (χ0v) is 15.2. The summed E-state index contributed by atoms with van der Waals surface area (Å²) >= 11 is 12.4. The second-order valence-corrected chi connectivity index (χ2v) is 7.21. The van der Waals surface area contributed by atoms with Gasteiger partial charge in [-0.1, -0.05) is 23.2 Å². The van der Waals surface area contributed by atoms with E-state index in [0.717, 1.165) is 4.68 Å². The Labute approximate surface area is 152 Å². The number of carbonyl (C=O) groups is 1. The van der Waals surface area contributed by atoms with Gasteiger partial charge in [-0.2, -0.15) is 5.10 Å². The fourth-order valence-corrected chi connectivity index (χ4v) is 3.23. The fourth-order valence-electron chi connectivity index (χ4n) is 2.80. The average molecular weight is 390 g/mol. The number of ether oxygens (including phenoxy) is 1. The van der Waals surface area contributed by atoms with Crippen LogP contribution < -0.4 is 10.1 Å². The Morgan fingerprint density at radius 3 is 2.76 bits per heavy atom. The van der Waals surface area contributed by atoms with Gasteiger partial charge in [0.05, 0.1) is 21.3 Å². The Hall–Kier alpha value is -1.86. The van der Waals surface area contributed by atoms with Crippen molar-refractivity contribution in [2.45, 2.75) is 32.3 Å². The molecule has 2 aromatic rings. The Bertz CT molecular complexity index is 866. The zero-order chi connectivity index (χ0) is 18.5. The smallest absolute Gasteiger partial charge is 0.282 e. The molecule has 1 aromatic heterocycles. The van der Waals surface area contributed by atoms with E-state index in [0.29, 0.717) is 22.8 Å². The molecule has 25 heavy (non-hydrogen) atoms. The molecule has 2 heterocycles. The van der Waals surface area contributed by atoms with Crippen molar-refractivity contribution in [2.24, 2.45) is 7.05 Å². The molecule has 1 aromatic carbocycles. The lowest BCUT2D eigenvalue weighted by molar-refractivity contribution is 0.100. The Morgan fingerprint density at radius 2 is 2.12 bits per heavy atom. The maximum atomic E-state index is 13.1. The van der Waals surface area contributed by atoms with Crippen molar-refractivity contribution in [3.63, 3.8) is 0 Å². The first-order chi connectivity index (χ1) is 11.6. The second kappa shape index (κ2) is 6.14. The van der Waals surface area contributed by atoms with E-state index in [9.17, 15) is 13.6 Å². The molecular weight excluding hydrogens is 375 g/mol. The van der Waals surface area contributed by atoms with Crippen LogP contribution in [0.15, 0.2) is 12.3 Å². The van der Waals surface area contributed by atoms with E-state index in [2.05, 4.69) is 10.4 Å². The van der Waals surface area contributed by atoms with Gasteiger partial charge in [0, 0.05) is 25.2 Å². The van der Waals surface area contributed by atoms with Crippen LogP contribution in [0.3, 0.4) is 0 Å². The molecule has 0 aliphatic carbocycles. The summed E-state index contributed by atoms with van der Waals surface area (Å²) in [5.41, 5.74) is -0.357. The van der Waals surface area contributed by atoms with Gasteiger partial charge in [0.25, 0.3) is 12.3 Å². The number of hydrogen-bond acceptors (Lipinski definition) is 3. The highest BCUT2D eigenvalue weighted by atomic mass is 35.5. The molecule has 1 N–H and O–H groups in total. The molecule has 0 saturated carbocycles.